The summed E-state index contributed by atoms with van der Waals surface area (Å²) in [4.78, 5) is 1.25. The second kappa shape index (κ2) is 8.06. The van der Waals surface area contributed by atoms with E-state index < -0.39 is 34.3 Å². The molecule has 0 aliphatic heterocycles. The molecular formula is C10H22BNO6S. The summed E-state index contributed by atoms with van der Waals surface area (Å²) in [5, 5.41) is 28.1. The summed E-state index contributed by atoms with van der Waals surface area (Å²) in [6, 6.07) is 0. The van der Waals surface area contributed by atoms with Crippen LogP contribution >= 0.6 is 0 Å². The Morgan fingerprint density at radius 1 is 1.21 bits per heavy atom. The van der Waals surface area contributed by atoms with Crippen LogP contribution in [-0.2, 0) is 14.4 Å². The molecule has 112 valence electrons. The average molecular weight is 295 g/mol. The third-order valence-electron chi connectivity index (χ3n) is 2.90. The van der Waals surface area contributed by atoms with Crippen molar-refractivity contribution < 1.29 is 28.4 Å². The van der Waals surface area contributed by atoms with Crippen LogP contribution in [-0.4, -0.2) is 72.8 Å². The Labute approximate surface area is 114 Å². The molecule has 0 saturated heterocycles. The van der Waals surface area contributed by atoms with Crippen LogP contribution in [0.2, 0.25) is 0 Å². The summed E-state index contributed by atoms with van der Waals surface area (Å²) < 4.78 is 33.3. The maximum atomic E-state index is 11.4. The first-order chi connectivity index (χ1) is 8.76. The molecule has 0 saturated carbocycles. The molecule has 0 aromatic rings. The van der Waals surface area contributed by atoms with E-state index in [1.165, 1.54) is 4.90 Å². The number of hydrogen-bond acceptors (Lipinski definition) is 7. The summed E-state index contributed by atoms with van der Waals surface area (Å²) in [7, 11) is -3.97. The fraction of sp³-hybridized carbons (Fsp3) is 1.00. The van der Waals surface area contributed by atoms with E-state index in [-0.39, 0.29) is 25.5 Å². The van der Waals surface area contributed by atoms with Gasteiger partial charge in [-0.3, -0.25) is 0 Å². The van der Waals surface area contributed by atoms with Crippen LogP contribution in [0.3, 0.4) is 0 Å². The second-order valence-corrected chi connectivity index (χ2v) is 6.79. The first-order valence-corrected chi connectivity index (χ1v) is 7.74. The third-order valence-corrected chi connectivity index (χ3v) is 3.86. The molecular weight excluding hydrogens is 273 g/mol. The van der Waals surface area contributed by atoms with Crippen molar-refractivity contribution in [3.05, 3.63) is 0 Å². The number of rotatable bonds is 10. The van der Waals surface area contributed by atoms with Crippen molar-refractivity contribution in [2.24, 2.45) is 5.92 Å². The number of aliphatic hydroxyl groups excluding tert-OH is 3. The minimum absolute atomic E-state index is 0.0547. The van der Waals surface area contributed by atoms with E-state index >= 15 is 0 Å². The number of nitrogens with zero attached hydrogens (tertiary/aromatic N) is 1. The van der Waals surface area contributed by atoms with Gasteiger partial charge in [-0.15, -0.1) is 0 Å². The molecule has 0 fully saturated rings. The van der Waals surface area contributed by atoms with Crippen molar-refractivity contribution in [2.45, 2.75) is 25.8 Å². The molecule has 0 aromatic heterocycles. The zero-order chi connectivity index (χ0) is 15.1. The fourth-order valence-corrected chi connectivity index (χ4v) is 2.97. The molecule has 0 aliphatic carbocycles. The van der Waals surface area contributed by atoms with Gasteiger partial charge < -0.3 is 0 Å². The van der Waals surface area contributed by atoms with Gasteiger partial charge in [-0.25, -0.2) is 0 Å². The van der Waals surface area contributed by atoms with Gasteiger partial charge in [0.05, 0.1) is 0 Å². The van der Waals surface area contributed by atoms with Crippen LogP contribution in [0.4, 0.5) is 0 Å². The molecule has 0 amide bonds. The fourth-order valence-electron chi connectivity index (χ4n) is 2.08. The van der Waals surface area contributed by atoms with Gasteiger partial charge in [-0.1, -0.05) is 0 Å². The van der Waals surface area contributed by atoms with E-state index in [2.05, 4.69) is 0 Å². The predicted molar refractivity (Wildman–Crippen MR) is 70.4 cm³/mol. The molecule has 0 heterocycles. The topological polar surface area (TPSA) is 115 Å². The molecule has 7 nitrogen and oxygen atoms in total. The molecule has 0 radical (unpaired) electrons. The van der Waals surface area contributed by atoms with E-state index in [1.807, 2.05) is 13.8 Å². The van der Waals surface area contributed by atoms with Gasteiger partial charge in [-0.05, 0) is 0 Å². The summed E-state index contributed by atoms with van der Waals surface area (Å²) >= 11 is 0. The molecule has 0 atom stereocenters. The van der Waals surface area contributed by atoms with Gasteiger partial charge in [-0.2, -0.15) is 0 Å². The average Bonchev–Trinajstić information content (AvgIpc) is 2.35. The number of β-amino-alcohol motifs (C(OH)–C–C–N with tert-alkyl or cyclic N) is 1. The molecule has 0 aliphatic rings. The monoisotopic (exact) mass is 295 g/mol. The summed E-state index contributed by atoms with van der Waals surface area (Å²) in [5.41, 5.74) is -1.17. The second-order valence-electron chi connectivity index (χ2n) is 5.01. The summed E-state index contributed by atoms with van der Waals surface area (Å²) in [6.07, 6.45) is 0.181. The molecule has 9 heteroatoms. The third kappa shape index (κ3) is 5.66. The van der Waals surface area contributed by atoms with E-state index in [0.717, 1.165) is 0 Å². The molecule has 0 bridgehead atoms. The van der Waals surface area contributed by atoms with Crippen molar-refractivity contribution in [3.8, 4) is 0 Å². The Morgan fingerprint density at radius 2 is 1.74 bits per heavy atom. The van der Waals surface area contributed by atoms with Gasteiger partial charge in [0.15, 0.2) is 0 Å². The Morgan fingerprint density at radius 3 is 2.05 bits per heavy atom. The SMILES string of the molecule is CC(C)CC(CO)(CO)N(CCO)CS(=O)(=O)B=O. The maximum absolute atomic E-state index is 11.4. The molecule has 0 unspecified atom stereocenters. The molecule has 19 heavy (non-hydrogen) atoms. The Kier molecular flexibility index (Phi) is 7.91. The number of hydrogen-bond donors (Lipinski definition) is 3. The van der Waals surface area contributed by atoms with Gasteiger partial charge in [0.25, 0.3) is 0 Å². The molecule has 0 rings (SSSR count). The van der Waals surface area contributed by atoms with E-state index in [4.69, 9.17) is 5.11 Å². The van der Waals surface area contributed by atoms with Crippen LogP contribution in [0.15, 0.2) is 0 Å². The minimum atomic E-state index is -3.97. The van der Waals surface area contributed by atoms with Crippen molar-refractivity contribution >= 4 is 16.1 Å². The van der Waals surface area contributed by atoms with Crippen LogP contribution in [0, 0.1) is 5.92 Å². The first kappa shape index (κ1) is 18.7. The zero-order valence-corrected chi connectivity index (χ0v) is 12.1. The van der Waals surface area contributed by atoms with Gasteiger partial charge in [0.2, 0.25) is 0 Å². The van der Waals surface area contributed by atoms with Crippen molar-refractivity contribution in [3.63, 3.8) is 0 Å². The van der Waals surface area contributed by atoms with Crippen molar-refractivity contribution in [1.29, 1.82) is 0 Å². The molecule has 0 aromatic carbocycles. The Bertz CT molecular complexity index is 368. The normalized spacial score (nSPS) is 13.0. The van der Waals surface area contributed by atoms with Gasteiger partial charge in [0.1, 0.15) is 0 Å². The Hall–Kier alpha value is -0.345. The van der Waals surface area contributed by atoms with Crippen LogP contribution in [0.1, 0.15) is 20.3 Å². The van der Waals surface area contributed by atoms with E-state index in [0.29, 0.717) is 6.42 Å². The van der Waals surface area contributed by atoms with Crippen LogP contribution in [0.5, 0.6) is 0 Å². The van der Waals surface area contributed by atoms with Crippen molar-refractivity contribution in [2.75, 3.05) is 32.2 Å². The van der Waals surface area contributed by atoms with E-state index in [9.17, 15) is 23.3 Å². The van der Waals surface area contributed by atoms with Crippen LogP contribution < -0.4 is 0 Å². The Balaban J connectivity index is 5.32. The first-order valence-electron chi connectivity index (χ1n) is 6.02. The van der Waals surface area contributed by atoms with Crippen molar-refractivity contribution in [1.82, 2.24) is 4.90 Å². The quantitative estimate of drug-likeness (QED) is 0.415. The molecule has 0 spiro atoms. The number of aliphatic hydroxyl groups is 3. The summed E-state index contributed by atoms with van der Waals surface area (Å²) in [6.45, 7) is 2.41. The summed E-state index contributed by atoms with van der Waals surface area (Å²) in [5.74, 6) is -0.537. The van der Waals surface area contributed by atoms with Crippen LogP contribution in [0.25, 0.3) is 0 Å². The molecule has 3 N–H and O–H groups in total. The van der Waals surface area contributed by atoms with Gasteiger partial charge in [0, 0.05) is 0 Å². The zero-order valence-electron chi connectivity index (χ0n) is 11.3. The predicted octanol–water partition coefficient (Wildman–Crippen LogP) is -1.61. The standard InChI is InChI=1S/C10H22BNO6S/c1-9(2)5-10(6-14,7-15)12(3-4-13)8-19(17,18)11-16/h9,13-15H,3-8H2,1-2H3. The van der Waals surface area contributed by atoms with Gasteiger partial charge >= 0.3 is 113 Å². The van der Waals surface area contributed by atoms with E-state index in [1.54, 1.807) is 0 Å².